The Morgan fingerprint density at radius 1 is 1.28 bits per heavy atom. The van der Waals surface area contributed by atoms with Crippen molar-refractivity contribution < 1.29 is 5.11 Å². The van der Waals surface area contributed by atoms with Gasteiger partial charge in [0.2, 0.25) is 0 Å². The molecule has 0 radical (unpaired) electrons. The standard InChI is InChI=1S/C23H29N3O2S/c1-4-5-11-18(27)13-26(12-16(2)3)14-20-24-22(28)21-19(15-29-23(21)25-20)17-9-7-6-8-10-17/h4,6-10,15-16,18,27H,1,5,11-14H2,2-3H3,(H,24,25,28). The Balaban J connectivity index is 1.84. The maximum Gasteiger partial charge on any atom is 0.260 e. The number of hydrogen-bond donors (Lipinski definition) is 2. The second kappa shape index (κ2) is 9.96. The van der Waals surface area contributed by atoms with Gasteiger partial charge in [-0.25, -0.2) is 4.98 Å². The zero-order chi connectivity index (χ0) is 20.8. The van der Waals surface area contributed by atoms with Gasteiger partial charge in [-0.1, -0.05) is 50.3 Å². The number of aliphatic hydroxyl groups excluding tert-OH is 1. The van der Waals surface area contributed by atoms with Gasteiger partial charge >= 0.3 is 0 Å². The van der Waals surface area contributed by atoms with Crippen LogP contribution >= 0.6 is 11.3 Å². The lowest BCUT2D eigenvalue weighted by Gasteiger charge is -2.26. The summed E-state index contributed by atoms with van der Waals surface area (Å²) in [4.78, 5) is 23.5. The Kier molecular flexibility index (Phi) is 7.36. The minimum absolute atomic E-state index is 0.109. The average molecular weight is 412 g/mol. The monoisotopic (exact) mass is 411 g/mol. The second-order valence-corrected chi connectivity index (χ2v) is 8.67. The molecule has 1 aromatic carbocycles. The number of H-pyrrole nitrogens is 1. The molecular formula is C23H29N3O2S. The number of hydrogen-bond acceptors (Lipinski definition) is 5. The third-order valence-corrected chi connectivity index (χ3v) is 5.62. The summed E-state index contributed by atoms with van der Waals surface area (Å²) in [6.07, 6.45) is 2.87. The third-order valence-electron chi connectivity index (χ3n) is 4.75. The van der Waals surface area contributed by atoms with E-state index in [1.165, 1.54) is 11.3 Å². The maximum atomic E-state index is 12.9. The molecule has 5 nitrogen and oxygen atoms in total. The highest BCUT2D eigenvalue weighted by Gasteiger charge is 2.17. The van der Waals surface area contributed by atoms with Gasteiger partial charge in [0.25, 0.3) is 5.56 Å². The van der Waals surface area contributed by atoms with Crippen molar-refractivity contribution in [2.45, 2.75) is 39.3 Å². The predicted octanol–water partition coefficient (Wildman–Crippen LogP) is 4.44. The van der Waals surface area contributed by atoms with Gasteiger partial charge in [0.05, 0.1) is 18.0 Å². The summed E-state index contributed by atoms with van der Waals surface area (Å²) in [6, 6.07) is 9.91. The van der Waals surface area contributed by atoms with Gasteiger partial charge in [-0.15, -0.1) is 17.9 Å². The highest BCUT2D eigenvalue weighted by atomic mass is 32.1. The summed E-state index contributed by atoms with van der Waals surface area (Å²) >= 11 is 1.49. The zero-order valence-corrected chi connectivity index (χ0v) is 17.9. The lowest BCUT2D eigenvalue weighted by Crippen LogP contribution is -2.35. The van der Waals surface area contributed by atoms with E-state index in [9.17, 15) is 9.90 Å². The van der Waals surface area contributed by atoms with Crippen molar-refractivity contribution >= 4 is 21.6 Å². The molecule has 0 saturated carbocycles. The van der Waals surface area contributed by atoms with Gasteiger partial charge in [-0.3, -0.25) is 9.69 Å². The molecule has 1 atom stereocenters. The van der Waals surface area contributed by atoms with E-state index in [4.69, 9.17) is 4.98 Å². The highest BCUT2D eigenvalue weighted by Crippen LogP contribution is 2.30. The lowest BCUT2D eigenvalue weighted by atomic mass is 10.1. The van der Waals surface area contributed by atoms with Crippen LogP contribution in [0.3, 0.4) is 0 Å². The van der Waals surface area contributed by atoms with Crippen molar-refractivity contribution in [1.82, 2.24) is 14.9 Å². The van der Waals surface area contributed by atoms with Crippen LogP contribution in [0.25, 0.3) is 21.3 Å². The molecule has 0 aliphatic rings. The van der Waals surface area contributed by atoms with E-state index >= 15 is 0 Å². The van der Waals surface area contributed by atoms with Crippen molar-refractivity contribution in [1.29, 1.82) is 0 Å². The first kappa shape index (κ1) is 21.4. The van der Waals surface area contributed by atoms with Gasteiger partial charge in [0.1, 0.15) is 10.7 Å². The molecule has 0 amide bonds. The molecular weight excluding hydrogens is 382 g/mol. The number of rotatable bonds is 10. The SMILES string of the molecule is C=CCCC(O)CN(Cc1nc2scc(-c3ccccc3)c2c(=O)[nH]1)CC(C)C. The van der Waals surface area contributed by atoms with Gasteiger partial charge < -0.3 is 10.1 Å². The van der Waals surface area contributed by atoms with Crippen LogP contribution in [0.2, 0.25) is 0 Å². The third kappa shape index (κ3) is 5.63. The molecule has 1 unspecified atom stereocenters. The van der Waals surface area contributed by atoms with E-state index in [2.05, 4.69) is 30.3 Å². The fourth-order valence-electron chi connectivity index (χ4n) is 3.53. The first-order valence-corrected chi connectivity index (χ1v) is 10.9. The minimum atomic E-state index is -0.423. The fourth-order valence-corrected chi connectivity index (χ4v) is 4.50. The number of nitrogens with one attached hydrogen (secondary N) is 1. The largest absolute Gasteiger partial charge is 0.392 e. The second-order valence-electron chi connectivity index (χ2n) is 7.82. The molecule has 2 N–H and O–H groups in total. The minimum Gasteiger partial charge on any atom is -0.392 e. The van der Waals surface area contributed by atoms with Crippen LogP contribution in [0.4, 0.5) is 0 Å². The maximum absolute atomic E-state index is 12.9. The van der Waals surface area contributed by atoms with Gasteiger partial charge in [-0.2, -0.15) is 0 Å². The summed E-state index contributed by atoms with van der Waals surface area (Å²) < 4.78 is 0. The van der Waals surface area contributed by atoms with Gasteiger partial charge in [0, 0.05) is 24.0 Å². The zero-order valence-electron chi connectivity index (χ0n) is 17.1. The number of fused-ring (bicyclic) bond motifs is 1. The smallest absolute Gasteiger partial charge is 0.260 e. The number of aliphatic hydroxyl groups is 1. The number of thiophene rings is 1. The number of allylic oxidation sites excluding steroid dienone is 1. The molecule has 0 saturated heterocycles. The molecule has 6 heteroatoms. The average Bonchev–Trinajstić information content (AvgIpc) is 3.11. The van der Waals surface area contributed by atoms with E-state index in [1.54, 1.807) is 0 Å². The molecule has 29 heavy (non-hydrogen) atoms. The van der Waals surface area contributed by atoms with E-state index in [0.29, 0.717) is 36.6 Å². The van der Waals surface area contributed by atoms with E-state index < -0.39 is 6.10 Å². The lowest BCUT2D eigenvalue weighted by molar-refractivity contribution is 0.0943. The molecule has 3 rings (SSSR count). The Labute approximate surface area is 175 Å². The van der Waals surface area contributed by atoms with Crippen LogP contribution in [0, 0.1) is 5.92 Å². The van der Waals surface area contributed by atoms with E-state index in [-0.39, 0.29) is 5.56 Å². The predicted molar refractivity (Wildman–Crippen MR) is 121 cm³/mol. The first-order valence-electron chi connectivity index (χ1n) is 10.0. The topological polar surface area (TPSA) is 69.2 Å². The van der Waals surface area contributed by atoms with Crippen molar-refractivity contribution in [2.24, 2.45) is 5.92 Å². The van der Waals surface area contributed by atoms with Crippen molar-refractivity contribution in [3.63, 3.8) is 0 Å². The quantitative estimate of drug-likeness (QED) is 0.484. The number of benzene rings is 1. The first-order chi connectivity index (χ1) is 14.0. The summed E-state index contributed by atoms with van der Waals surface area (Å²) in [5, 5.41) is 13.0. The molecule has 0 aliphatic heterocycles. The Morgan fingerprint density at radius 3 is 2.72 bits per heavy atom. The van der Waals surface area contributed by atoms with Crippen LogP contribution in [0.15, 0.2) is 53.2 Å². The molecule has 0 fully saturated rings. The fraction of sp³-hybridized carbons (Fsp3) is 0.391. The Bertz CT molecular complexity index is 994. The van der Waals surface area contributed by atoms with Crippen molar-refractivity contribution in [3.05, 3.63) is 64.5 Å². The highest BCUT2D eigenvalue weighted by molar-refractivity contribution is 7.17. The van der Waals surface area contributed by atoms with Crippen molar-refractivity contribution in [2.75, 3.05) is 13.1 Å². The van der Waals surface area contributed by atoms with E-state index in [1.807, 2.05) is 41.8 Å². The van der Waals surface area contributed by atoms with Gasteiger partial charge in [0.15, 0.2) is 0 Å². The Hall–Kier alpha value is -2.28. The number of aromatic nitrogens is 2. The van der Waals surface area contributed by atoms with Crippen LogP contribution in [-0.4, -0.2) is 39.2 Å². The number of nitrogens with zero attached hydrogens (tertiary/aromatic N) is 2. The van der Waals surface area contributed by atoms with Crippen molar-refractivity contribution in [3.8, 4) is 11.1 Å². The molecule has 2 aromatic heterocycles. The molecule has 0 bridgehead atoms. The summed E-state index contributed by atoms with van der Waals surface area (Å²) in [5.74, 6) is 1.09. The normalized spacial score (nSPS) is 12.7. The molecule has 0 aliphatic carbocycles. The number of aromatic amines is 1. The summed E-state index contributed by atoms with van der Waals surface area (Å²) in [7, 11) is 0. The molecule has 2 heterocycles. The Morgan fingerprint density at radius 2 is 2.03 bits per heavy atom. The van der Waals surface area contributed by atoms with E-state index in [0.717, 1.165) is 28.9 Å². The van der Waals surface area contributed by atoms with Crippen LogP contribution in [0.5, 0.6) is 0 Å². The van der Waals surface area contributed by atoms with Crippen LogP contribution < -0.4 is 5.56 Å². The van der Waals surface area contributed by atoms with Gasteiger partial charge in [-0.05, 0) is 24.3 Å². The molecule has 0 spiro atoms. The summed E-state index contributed by atoms with van der Waals surface area (Å²) in [6.45, 7) is 9.89. The molecule has 154 valence electrons. The van der Waals surface area contributed by atoms with Crippen LogP contribution in [0.1, 0.15) is 32.5 Å². The summed E-state index contributed by atoms with van der Waals surface area (Å²) in [5.41, 5.74) is 1.83. The molecule has 3 aromatic rings. The van der Waals surface area contributed by atoms with Crippen LogP contribution in [-0.2, 0) is 6.54 Å².